The maximum absolute atomic E-state index is 12.5. The van der Waals surface area contributed by atoms with Gasteiger partial charge in [-0.2, -0.15) is 0 Å². The highest BCUT2D eigenvalue weighted by atomic mass is 16.6. The van der Waals surface area contributed by atoms with Crippen LogP contribution in [0.1, 0.15) is 27.2 Å². The number of rotatable bonds is 3. The van der Waals surface area contributed by atoms with Gasteiger partial charge in [0, 0.05) is 23.6 Å². The second kappa shape index (κ2) is 6.39. The molecule has 0 saturated carbocycles. The van der Waals surface area contributed by atoms with Gasteiger partial charge in [-0.3, -0.25) is 9.59 Å². The van der Waals surface area contributed by atoms with E-state index < -0.39 is 35.7 Å². The third-order valence-corrected chi connectivity index (χ3v) is 4.96. The van der Waals surface area contributed by atoms with Crippen LogP contribution >= 0.6 is 0 Å². The summed E-state index contributed by atoms with van der Waals surface area (Å²) >= 11 is 0. The van der Waals surface area contributed by atoms with Gasteiger partial charge in [0.25, 0.3) is 0 Å². The van der Waals surface area contributed by atoms with Crippen molar-refractivity contribution in [3.63, 3.8) is 0 Å². The molecule has 140 valence electrons. The number of esters is 2. The molecular formula is C19H22O7. The van der Waals surface area contributed by atoms with Crippen LogP contribution in [-0.2, 0) is 28.6 Å². The molecule has 4 unspecified atom stereocenters. The van der Waals surface area contributed by atoms with Crippen molar-refractivity contribution in [2.24, 2.45) is 11.8 Å². The van der Waals surface area contributed by atoms with Gasteiger partial charge in [0.05, 0.1) is 18.4 Å². The molecule has 26 heavy (non-hydrogen) atoms. The third kappa shape index (κ3) is 2.96. The predicted molar refractivity (Wildman–Crippen MR) is 89.6 cm³/mol. The van der Waals surface area contributed by atoms with Crippen molar-refractivity contribution in [1.82, 2.24) is 0 Å². The molecule has 4 atom stereocenters. The van der Waals surface area contributed by atoms with Crippen LogP contribution in [-0.4, -0.2) is 47.2 Å². The van der Waals surface area contributed by atoms with Crippen molar-refractivity contribution >= 4 is 17.7 Å². The standard InChI is InChI=1S/C19H22O7/c1-9(2)17(22)25-14-7-19(4)15(21)6-12(26-19)11(8-20)5-13-16(14)10(3)18(23)24-13/h5-6,9,13-14,16,20H,3,7-8H2,1-2,4H3. The summed E-state index contributed by atoms with van der Waals surface area (Å²) in [6, 6.07) is 0. The van der Waals surface area contributed by atoms with Crippen LogP contribution in [0.2, 0.25) is 0 Å². The molecule has 0 spiro atoms. The van der Waals surface area contributed by atoms with E-state index >= 15 is 0 Å². The fourth-order valence-electron chi connectivity index (χ4n) is 3.40. The molecule has 7 heteroatoms. The zero-order chi connectivity index (χ0) is 19.2. The Morgan fingerprint density at radius 2 is 2.15 bits per heavy atom. The van der Waals surface area contributed by atoms with E-state index in [1.807, 2.05) is 0 Å². The van der Waals surface area contributed by atoms with Crippen LogP contribution < -0.4 is 0 Å². The molecule has 3 aliphatic rings. The Bertz CT molecular complexity index is 745. The van der Waals surface area contributed by atoms with Gasteiger partial charge in [0.15, 0.2) is 5.60 Å². The zero-order valence-corrected chi connectivity index (χ0v) is 15.0. The van der Waals surface area contributed by atoms with Gasteiger partial charge in [-0.25, -0.2) is 4.79 Å². The largest absolute Gasteiger partial charge is 0.479 e. The van der Waals surface area contributed by atoms with Gasteiger partial charge >= 0.3 is 11.9 Å². The molecule has 2 bridgehead atoms. The second-order valence-corrected chi connectivity index (χ2v) is 7.31. The first kappa shape index (κ1) is 18.4. The van der Waals surface area contributed by atoms with Crippen molar-refractivity contribution < 1.29 is 33.7 Å². The van der Waals surface area contributed by atoms with Crippen molar-refractivity contribution in [1.29, 1.82) is 0 Å². The lowest BCUT2D eigenvalue weighted by atomic mass is 9.82. The van der Waals surface area contributed by atoms with Crippen LogP contribution in [0, 0.1) is 11.8 Å². The van der Waals surface area contributed by atoms with Crippen LogP contribution in [0.15, 0.2) is 35.6 Å². The summed E-state index contributed by atoms with van der Waals surface area (Å²) in [5, 5.41) is 9.68. The van der Waals surface area contributed by atoms with E-state index in [2.05, 4.69) is 6.58 Å². The smallest absolute Gasteiger partial charge is 0.334 e. The average molecular weight is 362 g/mol. The molecule has 0 aromatic heterocycles. The number of hydrogen-bond acceptors (Lipinski definition) is 7. The molecule has 1 N–H and O–H groups in total. The lowest BCUT2D eigenvalue weighted by molar-refractivity contribution is -0.161. The molecule has 7 nitrogen and oxygen atoms in total. The second-order valence-electron chi connectivity index (χ2n) is 7.31. The predicted octanol–water partition coefficient (Wildman–Crippen LogP) is 1.22. The van der Waals surface area contributed by atoms with E-state index in [0.29, 0.717) is 5.57 Å². The number of carbonyl (C=O) groups is 3. The molecule has 1 saturated heterocycles. The first-order chi connectivity index (χ1) is 12.2. The fraction of sp³-hybridized carbons (Fsp3) is 0.526. The van der Waals surface area contributed by atoms with E-state index in [-0.39, 0.29) is 36.1 Å². The molecule has 0 aromatic carbocycles. The van der Waals surface area contributed by atoms with Crippen molar-refractivity contribution in [2.75, 3.05) is 6.61 Å². The summed E-state index contributed by atoms with van der Waals surface area (Å²) in [6.07, 6.45) is 1.31. The van der Waals surface area contributed by atoms with Crippen LogP contribution in [0.3, 0.4) is 0 Å². The fourth-order valence-corrected chi connectivity index (χ4v) is 3.40. The van der Waals surface area contributed by atoms with Gasteiger partial charge in [-0.05, 0) is 13.0 Å². The van der Waals surface area contributed by atoms with Crippen LogP contribution in [0.5, 0.6) is 0 Å². The molecule has 0 aromatic rings. The Morgan fingerprint density at radius 1 is 1.46 bits per heavy atom. The van der Waals surface area contributed by atoms with Crippen molar-refractivity contribution in [3.05, 3.63) is 35.6 Å². The molecule has 0 amide bonds. The monoisotopic (exact) mass is 362 g/mol. The Balaban J connectivity index is 2.08. The number of hydrogen-bond donors (Lipinski definition) is 1. The number of aliphatic hydroxyl groups is 1. The van der Waals surface area contributed by atoms with Crippen molar-refractivity contribution in [3.8, 4) is 0 Å². The minimum Gasteiger partial charge on any atom is -0.479 e. The normalized spacial score (nSPS) is 33.4. The highest BCUT2D eigenvalue weighted by Crippen LogP contribution is 2.42. The maximum atomic E-state index is 12.5. The molecule has 3 heterocycles. The highest BCUT2D eigenvalue weighted by Gasteiger charge is 2.52. The van der Waals surface area contributed by atoms with Gasteiger partial charge < -0.3 is 19.3 Å². The summed E-state index contributed by atoms with van der Waals surface area (Å²) < 4.78 is 16.8. The first-order valence-corrected chi connectivity index (χ1v) is 8.53. The molecule has 3 aliphatic heterocycles. The van der Waals surface area contributed by atoms with Gasteiger partial charge in [-0.15, -0.1) is 0 Å². The topological polar surface area (TPSA) is 99.1 Å². The van der Waals surface area contributed by atoms with Crippen LogP contribution in [0.4, 0.5) is 0 Å². The van der Waals surface area contributed by atoms with Gasteiger partial charge in [0.2, 0.25) is 5.78 Å². The first-order valence-electron chi connectivity index (χ1n) is 8.53. The van der Waals surface area contributed by atoms with Crippen LogP contribution in [0.25, 0.3) is 0 Å². The summed E-state index contributed by atoms with van der Waals surface area (Å²) in [5.74, 6) is -2.11. The number of ether oxygens (including phenoxy) is 3. The third-order valence-electron chi connectivity index (χ3n) is 4.96. The molecule has 1 fully saturated rings. The molecule has 0 aliphatic carbocycles. The number of aliphatic hydroxyl groups excluding tert-OH is 1. The average Bonchev–Trinajstić information content (AvgIpc) is 3.01. The number of ketones is 1. The van der Waals surface area contributed by atoms with E-state index in [4.69, 9.17) is 14.2 Å². The molecule has 3 rings (SSSR count). The lowest BCUT2D eigenvalue weighted by Crippen LogP contribution is -2.43. The summed E-state index contributed by atoms with van der Waals surface area (Å²) in [4.78, 5) is 36.8. The minimum atomic E-state index is -1.26. The maximum Gasteiger partial charge on any atom is 0.334 e. The van der Waals surface area contributed by atoms with Crippen molar-refractivity contribution in [2.45, 2.75) is 45.0 Å². The SMILES string of the molecule is C=C1C(=O)OC2C=C(CO)C3=CC(=O)C(C)(CC(OC(=O)C(C)C)C12)O3. The summed E-state index contributed by atoms with van der Waals surface area (Å²) in [6.45, 7) is 8.39. The molecule has 0 radical (unpaired) electrons. The summed E-state index contributed by atoms with van der Waals surface area (Å²) in [7, 11) is 0. The van der Waals surface area contributed by atoms with Gasteiger partial charge in [0.1, 0.15) is 18.0 Å². The Morgan fingerprint density at radius 3 is 2.77 bits per heavy atom. The lowest BCUT2D eigenvalue weighted by Gasteiger charge is -2.31. The highest BCUT2D eigenvalue weighted by molar-refractivity contribution is 6.00. The summed E-state index contributed by atoms with van der Waals surface area (Å²) in [5.41, 5.74) is -0.741. The minimum absolute atomic E-state index is 0.0493. The van der Waals surface area contributed by atoms with E-state index in [9.17, 15) is 19.5 Å². The Kier molecular flexibility index (Phi) is 4.52. The Labute approximate surface area is 151 Å². The van der Waals surface area contributed by atoms with Gasteiger partial charge in [-0.1, -0.05) is 20.4 Å². The van der Waals surface area contributed by atoms with E-state index in [1.54, 1.807) is 20.8 Å². The van der Waals surface area contributed by atoms with E-state index in [1.165, 1.54) is 12.2 Å². The number of carbonyl (C=O) groups excluding carboxylic acids is 3. The Hall–Kier alpha value is -2.41. The quantitative estimate of drug-likeness (QED) is 0.595. The molecular weight excluding hydrogens is 340 g/mol. The zero-order valence-electron chi connectivity index (χ0n) is 15.0. The van der Waals surface area contributed by atoms with E-state index in [0.717, 1.165) is 0 Å². The number of fused-ring (bicyclic) bond motifs is 3.